The molecule has 1 aliphatic rings. The van der Waals surface area contributed by atoms with Crippen molar-refractivity contribution in [3.05, 3.63) is 59.5 Å². The number of aryl methyl sites for hydroxylation is 1. The van der Waals surface area contributed by atoms with Gasteiger partial charge in [0, 0.05) is 25.6 Å². The summed E-state index contributed by atoms with van der Waals surface area (Å²) in [4.78, 5) is 26.1. The Hall–Kier alpha value is -3.07. The Balaban J connectivity index is 1.40. The second-order valence-electron chi connectivity index (χ2n) is 6.42. The van der Waals surface area contributed by atoms with E-state index in [9.17, 15) is 9.59 Å². The first-order valence-corrected chi connectivity index (χ1v) is 8.77. The minimum absolute atomic E-state index is 0.0187. The van der Waals surface area contributed by atoms with E-state index in [0.717, 1.165) is 18.4 Å². The van der Waals surface area contributed by atoms with Crippen LogP contribution in [-0.2, 0) is 11.2 Å². The zero-order valence-corrected chi connectivity index (χ0v) is 14.5. The Bertz CT molecular complexity index is 783. The summed E-state index contributed by atoms with van der Waals surface area (Å²) < 4.78 is 5.15. The number of nitriles is 1. The highest BCUT2D eigenvalue weighted by molar-refractivity contribution is 5.91. The minimum atomic E-state index is -0.0967. The summed E-state index contributed by atoms with van der Waals surface area (Å²) in [6, 6.07) is 12.8. The largest absolute Gasteiger partial charge is 0.459 e. The molecule has 134 valence electrons. The molecule has 0 radical (unpaired) electrons. The van der Waals surface area contributed by atoms with Crippen molar-refractivity contribution in [2.75, 3.05) is 13.1 Å². The average molecular weight is 351 g/mol. The van der Waals surface area contributed by atoms with E-state index in [1.165, 1.54) is 6.26 Å². The Morgan fingerprint density at radius 2 is 1.92 bits per heavy atom. The van der Waals surface area contributed by atoms with Crippen LogP contribution in [0.4, 0.5) is 0 Å². The SMILES string of the molecule is N#Cc1ccc(CCC(=O)NC2CCN(C(=O)c3ccco3)CC2)cc1. The highest BCUT2D eigenvalue weighted by atomic mass is 16.3. The molecule has 2 aromatic rings. The van der Waals surface area contributed by atoms with Gasteiger partial charge in [0.25, 0.3) is 5.91 Å². The van der Waals surface area contributed by atoms with Gasteiger partial charge in [-0.15, -0.1) is 0 Å². The van der Waals surface area contributed by atoms with Crippen molar-refractivity contribution in [2.24, 2.45) is 0 Å². The number of nitrogens with one attached hydrogen (secondary N) is 1. The van der Waals surface area contributed by atoms with Gasteiger partial charge in [0.05, 0.1) is 17.9 Å². The molecule has 1 saturated heterocycles. The zero-order chi connectivity index (χ0) is 18.4. The van der Waals surface area contributed by atoms with Crippen LogP contribution in [0.5, 0.6) is 0 Å². The maximum Gasteiger partial charge on any atom is 0.289 e. The molecular weight excluding hydrogens is 330 g/mol. The molecule has 1 aromatic carbocycles. The van der Waals surface area contributed by atoms with E-state index in [4.69, 9.17) is 9.68 Å². The van der Waals surface area contributed by atoms with Crippen LogP contribution >= 0.6 is 0 Å². The molecule has 1 aromatic heterocycles. The van der Waals surface area contributed by atoms with Crippen molar-refractivity contribution in [1.82, 2.24) is 10.2 Å². The molecule has 3 rings (SSSR count). The van der Waals surface area contributed by atoms with Gasteiger partial charge in [0.1, 0.15) is 0 Å². The van der Waals surface area contributed by atoms with Crippen molar-refractivity contribution in [3.8, 4) is 6.07 Å². The van der Waals surface area contributed by atoms with Gasteiger partial charge < -0.3 is 14.6 Å². The van der Waals surface area contributed by atoms with Gasteiger partial charge in [-0.2, -0.15) is 5.26 Å². The number of hydrogen-bond donors (Lipinski definition) is 1. The third-order valence-corrected chi connectivity index (χ3v) is 4.60. The Morgan fingerprint density at radius 3 is 2.54 bits per heavy atom. The number of amides is 2. The van der Waals surface area contributed by atoms with Crippen LogP contribution in [0.1, 0.15) is 40.9 Å². The molecule has 2 heterocycles. The highest BCUT2D eigenvalue weighted by Crippen LogP contribution is 2.15. The second-order valence-corrected chi connectivity index (χ2v) is 6.42. The van der Waals surface area contributed by atoms with Gasteiger partial charge in [-0.3, -0.25) is 9.59 Å². The predicted octanol–water partition coefficient (Wildman–Crippen LogP) is 2.50. The molecule has 0 aliphatic carbocycles. The van der Waals surface area contributed by atoms with Gasteiger partial charge in [-0.1, -0.05) is 12.1 Å². The first-order valence-electron chi connectivity index (χ1n) is 8.77. The lowest BCUT2D eigenvalue weighted by atomic mass is 10.0. The second kappa shape index (κ2) is 8.34. The van der Waals surface area contributed by atoms with E-state index in [2.05, 4.69) is 11.4 Å². The fourth-order valence-electron chi connectivity index (χ4n) is 3.09. The fraction of sp³-hybridized carbons (Fsp3) is 0.350. The summed E-state index contributed by atoms with van der Waals surface area (Å²) in [6.07, 6.45) is 4.04. The summed E-state index contributed by atoms with van der Waals surface area (Å²) in [5.41, 5.74) is 1.66. The topological polar surface area (TPSA) is 86.3 Å². The number of furan rings is 1. The Kier molecular flexibility index (Phi) is 5.69. The van der Waals surface area contributed by atoms with Gasteiger partial charge in [-0.25, -0.2) is 0 Å². The van der Waals surface area contributed by atoms with E-state index >= 15 is 0 Å². The molecule has 6 nitrogen and oxygen atoms in total. The Labute approximate surface area is 152 Å². The predicted molar refractivity (Wildman–Crippen MR) is 95.3 cm³/mol. The molecule has 0 atom stereocenters. The minimum Gasteiger partial charge on any atom is -0.459 e. The van der Waals surface area contributed by atoms with E-state index in [-0.39, 0.29) is 17.9 Å². The average Bonchev–Trinajstić information content (AvgIpc) is 3.21. The van der Waals surface area contributed by atoms with Crippen LogP contribution in [0.3, 0.4) is 0 Å². The number of nitrogens with zero attached hydrogens (tertiary/aromatic N) is 2. The molecule has 2 amide bonds. The number of rotatable bonds is 5. The monoisotopic (exact) mass is 351 g/mol. The number of hydrogen-bond acceptors (Lipinski definition) is 4. The lowest BCUT2D eigenvalue weighted by Gasteiger charge is -2.31. The van der Waals surface area contributed by atoms with Crippen molar-refractivity contribution in [3.63, 3.8) is 0 Å². The quantitative estimate of drug-likeness (QED) is 0.897. The first kappa shape index (κ1) is 17.7. The lowest BCUT2D eigenvalue weighted by molar-refractivity contribution is -0.122. The molecule has 0 unspecified atom stereocenters. The van der Waals surface area contributed by atoms with E-state index in [1.807, 2.05) is 12.1 Å². The van der Waals surface area contributed by atoms with Gasteiger partial charge >= 0.3 is 0 Å². The Morgan fingerprint density at radius 1 is 1.19 bits per heavy atom. The van der Waals surface area contributed by atoms with Crippen LogP contribution in [0.2, 0.25) is 0 Å². The third kappa shape index (κ3) is 4.51. The molecule has 1 N–H and O–H groups in total. The third-order valence-electron chi connectivity index (χ3n) is 4.60. The van der Waals surface area contributed by atoms with Crippen LogP contribution < -0.4 is 5.32 Å². The van der Waals surface area contributed by atoms with Crippen LogP contribution in [0.15, 0.2) is 47.1 Å². The van der Waals surface area contributed by atoms with Crippen molar-refractivity contribution >= 4 is 11.8 Å². The number of carbonyl (C=O) groups is 2. The van der Waals surface area contributed by atoms with E-state index in [0.29, 0.717) is 37.3 Å². The molecule has 6 heteroatoms. The van der Waals surface area contributed by atoms with E-state index < -0.39 is 0 Å². The maximum atomic E-state index is 12.2. The summed E-state index contributed by atoms with van der Waals surface area (Å²) >= 11 is 0. The lowest BCUT2D eigenvalue weighted by Crippen LogP contribution is -2.46. The zero-order valence-electron chi connectivity index (χ0n) is 14.5. The van der Waals surface area contributed by atoms with Crippen molar-refractivity contribution < 1.29 is 14.0 Å². The number of carbonyl (C=O) groups excluding carboxylic acids is 2. The molecule has 0 spiro atoms. The maximum absolute atomic E-state index is 12.2. The van der Waals surface area contributed by atoms with Gasteiger partial charge in [0.15, 0.2) is 5.76 Å². The normalized spacial score (nSPS) is 14.7. The number of benzene rings is 1. The number of likely N-dealkylation sites (tertiary alicyclic amines) is 1. The molecular formula is C20H21N3O3. The smallest absolute Gasteiger partial charge is 0.289 e. The van der Waals surface area contributed by atoms with Crippen LogP contribution in [0, 0.1) is 11.3 Å². The van der Waals surface area contributed by atoms with Crippen LogP contribution in [0.25, 0.3) is 0 Å². The molecule has 26 heavy (non-hydrogen) atoms. The van der Waals surface area contributed by atoms with Crippen molar-refractivity contribution in [1.29, 1.82) is 5.26 Å². The summed E-state index contributed by atoms with van der Waals surface area (Å²) in [5.74, 6) is 0.278. The molecule has 1 aliphatic heterocycles. The van der Waals surface area contributed by atoms with Gasteiger partial charge in [-0.05, 0) is 49.1 Å². The molecule has 1 fully saturated rings. The van der Waals surface area contributed by atoms with E-state index in [1.54, 1.807) is 29.2 Å². The summed E-state index contributed by atoms with van der Waals surface area (Å²) in [6.45, 7) is 1.22. The van der Waals surface area contributed by atoms with Gasteiger partial charge in [0.2, 0.25) is 5.91 Å². The number of piperidine rings is 1. The fourth-order valence-corrected chi connectivity index (χ4v) is 3.09. The summed E-state index contributed by atoms with van der Waals surface area (Å²) in [7, 11) is 0. The van der Waals surface area contributed by atoms with Crippen LogP contribution in [-0.4, -0.2) is 35.8 Å². The first-order chi connectivity index (χ1) is 12.7. The summed E-state index contributed by atoms with van der Waals surface area (Å²) in [5, 5.41) is 11.8. The van der Waals surface area contributed by atoms with Crippen molar-refractivity contribution in [2.45, 2.75) is 31.7 Å². The molecule has 0 bridgehead atoms. The highest BCUT2D eigenvalue weighted by Gasteiger charge is 2.25. The standard InChI is InChI=1S/C20H21N3O3/c21-14-16-5-3-15(4-6-16)7-8-19(24)22-17-9-11-23(12-10-17)20(25)18-2-1-13-26-18/h1-6,13,17H,7-12H2,(H,22,24). The molecule has 0 saturated carbocycles.